The van der Waals surface area contributed by atoms with Gasteiger partial charge >= 0.3 is 12.1 Å². The number of carbonyl (C=O) groups is 3. The fraction of sp³-hybridized carbons (Fsp3) is 0.344. The summed E-state index contributed by atoms with van der Waals surface area (Å²) in [5, 5.41) is 21.4. The van der Waals surface area contributed by atoms with Crippen LogP contribution in [0.5, 0.6) is 0 Å². The lowest BCUT2D eigenvalue weighted by atomic mass is 9.84. The van der Waals surface area contributed by atoms with E-state index < -0.39 is 23.4 Å². The van der Waals surface area contributed by atoms with Gasteiger partial charge in [0.1, 0.15) is 13.2 Å². The predicted molar refractivity (Wildman–Crippen MR) is 157 cm³/mol. The third-order valence-corrected chi connectivity index (χ3v) is 7.45. The Morgan fingerprint density at radius 1 is 0.976 bits per heavy atom. The van der Waals surface area contributed by atoms with Gasteiger partial charge in [-0.1, -0.05) is 60.7 Å². The quantitative estimate of drug-likeness (QED) is 0.263. The summed E-state index contributed by atoms with van der Waals surface area (Å²) in [6, 6.07) is 22.9. The number of alkyl carbamates (subject to hydrolysis) is 1. The highest BCUT2D eigenvalue weighted by atomic mass is 16.5. The van der Waals surface area contributed by atoms with Gasteiger partial charge in [0, 0.05) is 24.2 Å². The van der Waals surface area contributed by atoms with E-state index >= 15 is 0 Å². The maximum atomic E-state index is 13.0. The van der Waals surface area contributed by atoms with Gasteiger partial charge in [0.25, 0.3) is 0 Å². The van der Waals surface area contributed by atoms with Crippen LogP contribution in [-0.2, 0) is 20.7 Å². The Bertz CT molecular complexity index is 1340. The van der Waals surface area contributed by atoms with Crippen LogP contribution in [0, 0.1) is 5.41 Å². The summed E-state index contributed by atoms with van der Waals surface area (Å²) in [4.78, 5) is 38.3. The Morgan fingerprint density at radius 3 is 2.12 bits per heavy atom. The number of fused-ring (bicyclic) bond motifs is 3. The number of nitrogens with one attached hydrogen (secondary N) is 1. The van der Waals surface area contributed by atoms with Gasteiger partial charge in [-0.05, 0) is 66.6 Å². The number of anilines is 1. The molecule has 9 heteroatoms. The van der Waals surface area contributed by atoms with E-state index in [9.17, 15) is 24.6 Å². The third-order valence-electron chi connectivity index (χ3n) is 7.45. The number of nitrogens with zero attached hydrogens (tertiary/aromatic N) is 1. The second-order valence-corrected chi connectivity index (χ2v) is 11.0. The van der Waals surface area contributed by atoms with Gasteiger partial charge in [-0.2, -0.15) is 0 Å². The van der Waals surface area contributed by atoms with Gasteiger partial charge in [0.15, 0.2) is 0 Å². The molecule has 0 fully saturated rings. The molecule has 5 N–H and O–H groups in total. The van der Waals surface area contributed by atoms with Crippen molar-refractivity contribution in [2.24, 2.45) is 11.1 Å². The minimum Gasteiger partial charge on any atom is -0.481 e. The van der Waals surface area contributed by atoms with E-state index in [4.69, 9.17) is 10.5 Å². The van der Waals surface area contributed by atoms with Crippen molar-refractivity contribution in [1.29, 1.82) is 0 Å². The van der Waals surface area contributed by atoms with Crippen LogP contribution in [0.2, 0.25) is 0 Å². The topological polar surface area (TPSA) is 142 Å². The van der Waals surface area contributed by atoms with Crippen molar-refractivity contribution in [3.05, 3.63) is 89.5 Å². The molecule has 4 rings (SSSR count). The van der Waals surface area contributed by atoms with Crippen molar-refractivity contribution in [3.8, 4) is 11.1 Å². The Kier molecular flexibility index (Phi) is 9.42. The van der Waals surface area contributed by atoms with E-state index in [0.717, 1.165) is 27.8 Å². The number of carbonyl (C=O) groups excluding carboxylic acids is 2. The summed E-state index contributed by atoms with van der Waals surface area (Å²) in [7, 11) is 0. The Morgan fingerprint density at radius 2 is 1.56 bits per heavy atom. The van der Waals surface area contributed by atoms with E-state index in [2.05, 4.69) is 17.4 Å². The molecule has 0 bridgehead atoms. The Balaban J connectivity index is 1.31. The molecular formula is C32H37N3O6. The van der Waals surface area contributed by atoms with E-state index in [1.54, 1.807) is 26.0 Å². The average molecular weight is 560 g/mol. The van der Waals surface area contributed by atoms with Crippen LogP contribution in [0.25, 0.3) is 11.1 Å². The second-order valence-electron chi connectivity index (χ2n) is 11.0. The molecule has 3 aromatic rings. The zero-order valence-corrected chi connectivity index (χ0v) is 23.4. The first-order valence-corrected chi connectivity index (χ1v) is 13.7. The molecule has 2 amide bonds. The van der Waals surface area contributed by atoms with E-state index in [1.807, 2.05) is 48.5 Å². The molecule has 0 spiro atoms. The van der Waals surface area contributed by atoms with Crippen LogP contribution >= 0.6 is 0 Å². The van der Waals surface area contributed by atoms with Gasteiger partial charge in [-0.3, -0.25) is 9.59 Å². The van der Waals surface area contributed by atoms with Crippen LogP contribution in [-0.4, -0.2) is 60.5 Å². The molecule has 1 atom stereocenters. The fourth-order valence-electron chi connectivity index (χ4n) is 5.32. The van der Waals surface area contributed by atoms with Crippen molar-refractivity contribution in [3.63, 3.8) is 0 Å². The van der Waals surface area contributed by atoms with Crippen LogP contribution < -0.4 is 16.0 Å². The fourth-order valence-corrected chi connectivity index (χ4v) is 5.32. The number of aliphatic hydroxyl groups is 1. The highest BCUT2D eigenvalue weighted by Crippen LogP contribution is 2.44. The summed E-state index contributed by atoms with van der Waals surface area (Å²) in [5.41, 5.74) is 11.2. The number of carboxylic acids is 1. The summed E-state index contributed by atoms with van der Waals surface area (Å²) in [6.07, 6.45) is 0.104. The molecule has 1 aliphatic rings. The van der Waals surface area contributed by atoms with Crippen LogP contribution in [0.15, 0.2) is 72.8 Å². The van der Waals surface area contributed by atoms with E-state index in [-0.39, 0.29) is 38.3 Å². The molecule has 0 aromatic heterocycles. The maximum absolute atomic E-state index is 13.0. The molecule has 0 saturated heterocycles. The molecule has 0 radical (unpaired) electrons. The zero-order chi connectivity index (χ0) is 29.6. The summed E-state index contributed by atoms with van der Waals surface area (Å²) in [6.45, 7) is 2.93. The number of carboxylic acid groups (broad SMARTS) is 1. The van der Waals surface area contributed by atoms with Crippen molar-refractivity contribution in [1.82, 2.24) is 5.32 Å². The van der Waals surface area contributed by atoms with E-state index in [1.165, 1.54) is 4.90 Å². The highest BCUT2D eigenvalue weighted by Gasteiger charge is 2.30. The first-order chi connectivity index (χ1) is 19.6. The van der Waals surface area contributed by atoms with Crippen molar-refractivity contribution < 1.29 is 29.3 Å². The summed E-state index contributed by atoms with van der Waals surface area (Å²) < 4.78 is 5.52. The highest BCUT2D eigenvalue weighted by molar-refractivity contribution is 5.96. The minimum atomic E-state index is -0.927. The largest absolute Gasteiger partial charge is 0.481 e. The standard InChI is InChI=1S/C32H37N3O6/c1-32(2,30(38)39)18-22(33)17-21-11-13-23(14-12-21)35(15-16-36)29(37)19-34-31(40)41-20-28-26-9-5-3-7-24(26)25-8-4-6-10-27(25)28/h3-14,22,28,36H,15-20,33H2,1-2H3,(H,34,40)(H,38,39)/t22-/m1/s1. The minimum absolute atomic E-state index is 0.0524. The molecule has 9 nitrogen and oxygen atoms in total. The lowest BCUT2D eigenvalue weighted by Gasteiger charge is -2.24. The van der Waals surface area contributed by atoms with Gasteiger partial charge in [-0.15, -0.1) is 0 Å². The van der Waals surface area contributed by atoms with Crippen LogP contribution in [0.4, 0.5) is 10.5 Å². The Labute approximate surface area is 239 Å². The molecule has 216 valence electrons. The molecular weight excluding hydrogens is 522 g/mol. The van der Waals surface area contributed by atoms with Gasteiger partial charge in [0.2, 0.25) is 5.91 Å². The number of aliphatic hydroxyl groups excluding tert-OH is 1. The Hall–Kier alpha value is -4.21. The lowest BCUT2D eigenvalue weighted by Crippen LogP contribution is -2.42. The second kappa shape index (κ2) is 13.0. The smallest absolute Gasteiger partial charge is 0.407 e. The molecule has 0 aliphatic heterocycles. The first-order valence-electron chi connectivity index (χ1n) is 13.7. The van der Waals surface area contributed by atoms with Crippen molar-refractivity contribution >= 4 is 23.7 Å². The lowest BCUT2D eigenvalue weighted by molar-refractivity contribution is -0.147. The predicted octanol–water partition coefficient (Wildman–Crippen LogP) is 3.92. The number of hydrogen-bond acceptors (Lipinski definition) is 6. The number of hydrogen-bond donors (Lipinski definition) is 4. The molecule has 41 heavy (non-hydrogen) atoms. The number of benzene rings is 3. The molecule has 3 aromatic carbocycles. The molecule has 0 saturated carbocycles. The number of nitrogens with two attached hydrogens (primary N) is 1. The summed E-state index contributed by atoms with van der Waals surface area (Å²) in [5.74, 6) is -1.38. The number of amides is 2. The van der Waals surface area contributed by atoms with E-state index in [0.29, 0.717) is 18.5 Å². The molecule has 0 unspecified atom stereocenters. The van der Waals surface area contributed by atoms with Gasteiger partial charge in [0.05, 0.1) is 12.0 Å². The average Bonchev–Trinajstić information content (AvgIpc) is 3.27. The third kappa shape index (κ3) is 7.11. The van der Waals surface area contributed by atoms with Crippen molar-refractivity contribution in [2.45, 2.75) is 38.6 Å². The number of aliphatic carboxylic acids is 1. The molecule has 1 aliphatic carbocycles. The number of ether oxygens (including phenoxy) is 1. The molecule has 0 heterocycles. The normalized spacial score (nSPS) is 13.2. The zero-order valence-electron chi connectivity index (χ0n) is 23.4. The van der Waals surface area contributed by atoms with Crippen LogP contribution in [0.3, 0.4) is 0 Å². The van der Waals surface area contributed by atoms with Crippen LogP contribution in [0.1, 0.15) is 42.9 Å². The van der Waals surface area contributed by atoms with Gasteiger partial charge < -0.3 is 30.9 Å². The first kappa shape index (κ1) is 29.8. The maximum Gasteiger partial charge on any atom is 0.407 e. The monoisotopic (exact) mass is 559 g/mol. The van der Waals surface area contributed by atoms with Crippen molar-refractivity contribution in [2.75, 3.05) is 31.2 Å². The van der Waals surface area contributed by atoms with Gasteiger partial charge in [-0.25, -0.2) is 4.79 Å². The SMILES string of the molecule is CC(C)(C[C@H](N)Cc1ccc(N(CCO)C(=O)CNC(=O)OCC2c3ccccc3-c3ccccc32)cc1)C(=O)O. The summed E-state index contributed by atoms with van der Waals surface area (Å²) >= 11 is 0. The number of rotatable bonds is 12.